The molecule has 3 aromatic rings. The summed E-state index contributed by atoms with van der Waals surface area (Å²) in [5.74, 6) is 1.02. The summed E-state index contributed by atoms with van der Waals surface area (Å²) in [7, 11) is 0. The Morgan fingerprint density at radius 3 is 1.68 bits per heavy atom. The molecule has 0 spiro atoms. The largest absolute Gasteiger partial charge is 0.573 e. The molecule has 0 amide bonds. The van der Waals surface area contributed by atoms with Crippen molar-refractivity contribution in [1.29, 1.82) is 0 Å². The molecule has 0 bridgehead atoms. The average Bonchev–Trinajstić information content (AvgIpc) is 3.15. The monoisotopic (exact) mass is 740 g/mol. The zero-order valence-electron chi connectivity index (χ0n) is 31.6. The second-order valence-electron chi connectivity index (χ2n) is 16.0. The molecule has 6 rings (SSSR count). The standard InChI is InChI=1S/C28H26F6O.C18H32/c1-2-3-17-4-6-18(7-5-17)19-8-10-20(11-9-19)22-15-24(30)27(25(31)16-22)21-12-13-26(23(29)14-21)35-28(32,33)34;1-3-5-6-16-9-13-18(14-10-16)17-11-7-15(4-2)8-12-17/h8-18H,2-7H2,1H3;4,15-18H,2-3,5-14H2,1H3. The lowest BCUT2D eigenvalue weighted by Gasteiger charge is -2.37. The van der Waals surface area contributed by atoms with Crippen LogP contribution in [0.25, 0.3) is 22.3 Å². The number of unbranched alkanes of at least 4 members (excludes halogenated alkanes) is 1. The predicted molar refractivity (Wildman–Crippen MR) is 204 cm³/mol. The molecule has 1 nitrogen and oxygen atoms in total. The molecule has 0 radical (unpaired) electrons. The molecule has 0 atom stereocenters. The second kappa shape index (κ2) is 19.4. The minimum atomic E-state index is -5.08. The summed E-state index contributed by atoms with van der Waals surface area (Å²) in [6.45, 7) is 8.50. The van der Waals surface area contributed by atoms with Gasteiger partial charge in [0.2, 0.25) is 0 Å². The third kappa shape index (κ3) is 11.6. The van der Waals surface area contributed by atoms with E-state index in [1.54, 1.807) is 0 Å². The molecule has 3 aromatic carbocycles. The van der Waals surface area contributed by atoms with Gasteiger partial charge in [-0.05, 0) is 146 Å². The van der Waals surface area contributed by atoms with E-state index < -0.39 is 35.1 Å². The molecule has 0 unspecified atom stereocenters. The van der Waals surface area contributed by atoms with E-state index in [1.807, 2.05) is 24.3 Å². The number of halogens is 6. The van der Waals surface area contributed by atoms with Crippen molar-refractivity contribution in [3.8, 4) is 28.0 Å². The average molecular weight is 741 g/mol. The highest BCUT2D eigenvalue weighted by Gasteiger charge is 2.33. The van der Waals surface area contributed by atoms with Crippen molar-refractivity contribution in [2.45, 2.75) is 135 Å². The van der Waals surface area contributed by atoms with Gasteiger partial charge in [0.15, 0.2) is 11.6 Å². The Kier molecular flexibility index (Phi) is 15.0. The van der Waals surface area contributed by atoms with Crippen molar-refractivity contribution in [2.24, 2.45) is 29.6 Å². The molecule has 0 N–H and O–H groups in total. The van der Waals surface area contributed by atoms with E-state index >= 15 is 0 Å². The number of hydrogen-bond donors (Lipinski definition) is 0. The summed E-state index contributed by atoms with van der Waals surface area (Å²) in [6.07, 6.45) is 20.6. The van der Waals surface area contributed by atoms with Crippen LogP contribution in [0.15, 0.2) is 67.3 Å². The van der Waals surface area contributed by atoms with E-state index in [0.717, 1.165) is 60.6 Å². The SMILES string of the molecule is C=CC1CCC(C2CCC(CCCC)CC2)CC1.CCCC1CCC(c2ccc(-c3cc(F)c(-c4ccc(OC(F)(F)F)c(F)c4)c(F)c3)cc2)CC1. The van der Waals surface area contributed by atoms with E-state index in [-0.39, 0.29) is 5.56 Å². The fourth-order valence-electron chi connectivity index (χ4n) is 9.31. The van der Waals surface area contributed by atoms with Gasteiger partial charge in [0, 0.05) is 0 Å². The first-order valence-corrected chi connectivity index (χ1v) is 20.2. The highest BCUT2D eigenvalue weighted by atomic mass is 19.4. The molecule has 0 heterocycles. The normalized spacial score (nSPS) is 24.9. The first-order chi connectivity index (χ1) is 25.5. The Balaban J connectivity index is 0.000000252. The Hall–Kier alpha value is -3.22. The fraction of sp³-hybridized carbons (Fsp3) is 0.565. The van der Waals surface area contributed by atoms with Crippen LogP contribution < -0.4 is 4.74 Å². The minimum absolute atomic E-state index is 0.229. The number of ether oxygens (including phenoxy) is 1. The molecular formula is C46H58F6O. The van der Waals surface area contributed by atoms with Crippen molar-refractivity contribution < 1.29 is 31.1 Å². The quantitative estimate of drug-likeness (QED) is 0.140. The molecule has 7 heteroatoms. The molecule has 0 saturated heterocycles. The van der Waals surface area contributed by atoms with Crippen molar-refractivity contribution in [3.63, 3.8) is 0 Å². The Bertz CT molecular complexity index is 1550. The van der Waals surface area contributed by atoms with E-state index in [9.17, 15) is 26.3 Å². The Morgan fingerprint density at radius 1 is 0.623 bits per heavy atom. The molecule has 53 heavy (non-hydrogen) atoms. The van der Waals surface area contributed by atoms with E-state index in [0.29, 0.717) is 29.2 Å². The second-order valence-corrected chi connectivity index (χ2v) is 16.0. The molecule has 290 valence electrons. The molecule has 0 aliphatic heterocycles. The third-order valence-corrected chi connectivity index (χ3v) is 12.4. The summed E-state index contributed by atoms with van der Waals surface area (Å²) in [6, 6.07) is 12.2. The number of alkyl halides is 3. The number of allylic oxidation sites excluding steroid dienone is 1. The summed E-state index contributed by atoms with van der Waals surface area (Å²) in [4.78, 5) is 0. The van der Waals surface area contributed by atoms with E-state index in [4.69, 9.17) is 0 Å². The molecule has 3 fully saturated rings. The fourth-order valence-corrected chi connectivity index (χ4v) is 9.31. The summed E-state index contributed by atoms with van der Waals surface area (Å²) < 4.78 is 84.4. The van der Waals surface area contributed by atoms with Crippen molar-refractivity contribution >= 4 is 0 Å². The topological polar surface area (TPSA) is 9.23 Å². The summed E-state index contributed by atoms with van der Waals surface area (Å²) in [5.41, 5.74) is 1.43. The maximum Gasteiger partial charge on any atom is 0.573 e. The van der Waals surface area contributed by atoms with Crippen molar-refractivity contribution in [3.05, 3.63) is 90.3 Å². The number of hydrogen-bond acceptors (Lipinski definition) is 1. The maximum atomic E-state index is 14.9. The van der Waals surface area contributed by atoms with Crippen LogP contribution in [0.1, 0.15) is 134 Å². The van der Waals surface area contributed by atoms with Gasteiger partial charge in [-0.15, -0.1) is 19.8 Å². The van der Waals surface area contributed by atoms with Crippen LogP contribution in [0.5, 0.6) is 5.75 Å². The lowest BCUT2D eigenvalue weighted by molar-refractivity contribution is -0.275. The van der Waals surface area contributed by atoms with Crippen LogP contribution in [0.2, 0.25) is 0 Å². The van der Waals surface area contributed by atoms with E-state index in [1.165, 1.54) is 102 Å². The molecule has 0 aromatic heterocycles. The minimum Gasteiger partial charge on any atom is -0.403 e. The van der Waals surface area contributed by atoms with Crippen LogP contribution in [-0.2, 0) is 0 Å². The highest BCUT2D eigenvalue weighted by Crippen LogP contribution is 2.43. The van der Waals surface area contributed by atoms with Gasteiger partial charge < -0.3 is 4.74 Å². The predicted octanol–water partition coefficient (Wildman–Crippen LogP) is 15.4. The smallest absolute Gasteiger partial charge is 0.403 e. The third-order valence-electron chi connectivity index (χ3n) is 12.4. The highest BCUT2D eigenvalue weighted by molar-refractivity contribution is 5.72. The van der Waals surface area contributed by atoms with Gasteiger partial charge in [-0.2, -0.15) is 0 Å². The van der Waals surface area contributed by atoms with Gasteiger partial charge in [0.25, 0.3) is 0 Å². The van der Waals surface area contributed by atoms with Crippen LogP contribution in [0.3, 0.4) is 0 Å². The van der Waals surface area contributed by atoms with Crippen LogP contribution in [0.4, 0.5) is 26.3 Å². The molecule has 3 saturated carbocycles. The van der Waals surface area contributed by atoms with Gasteiger partial charge in [-0.25, -0.2) is 13.2 Å². The van der Waals surface area contributed by atoms with Crippen LogP contribution >= 0.6 is 0 Å². The Labute approximate surface area is 313 Å². The number of benzene rings is 3. The summed E-state index contributed by atoms with van der Waals surface area (Å²) >= 11 is 0. The molecule has 3 aliphatic rings. The van der Waals surface area contributed by atoms with Gasteiger partial charge in [-0.3, -0.25) is 0 Å². The maximum absolute atomic E-state index is 14.9. The molecule has 3 aliphatic carbocycles. The first-order valence-electron chi connectivity index (χ1n) is 20.2. The summed E-state index contributed by atoms with van der Waals surface area (Å²) in [5, 5.41) is 0. The van der Waals surface area contributed by atoms with Gasteiger partial charge in [-0.1, -0.05) is 95.2 Å². The number of rotatable bonds is 11. The van der Waals surface area contributed by atoms with Crippen molar-refractivity contribution in [1.82, 2.24) is 0 Å². The zero-order chi connectivity index (χ0) is 38.0. The Morgan fingerprint density at radius 2 is 1.15 bits per heavy atom. The lowest BCUT2D eigenvalue weighted by atomic mass is 9.69. The van der Waals surface area contributed by atoms with Crippen LogP contribution in [0, 0.1) is 47.0 Å². The van der Waals surface area contributed by atoms with Gasteiger partial charge in [0.1, 0.15) is 11.6 Å². The van der Waals surface area contributed by atoms with Crippen molar-refractivity contribution in [2.75, 3.05) is 0 Å². The first kappa shape index (κ1) is 41.0. The lowest BCUT2D eigenvalue weighted by Crippen LogP contribution is -2.25. The van der Waals surface area contributed by atoms with E-state index in [2.05, 4.69) is 31.2 Å². The van der Waals surface area contributed by atoms with Crippen LogP contribution in [-0.4, -0.2) is 6.36 Å². The van der Waals surface area contributed by atoms with Gasteiger partial charge >= 0.3 is 6.36 Å². The molecular weight excluding hydrogens is 682 g/mol. The van der Waals surface area contributed by atoms with Gasteiger partial charge in [0.05, 0.1) is 5.56 Å². The zero-order valence-corrected chi connectivity index (χ0v) is 31.6.